The van der Waals surface area contributed by atoms with Crippen LogP contribution in [0.4, 0.5) is 10.5 Å². The highest BCUT2D eigenvalue weighted by molar-refractivity contribution is 7.20. The minimum Gasteiger partial charge on any atom is -0.348 e. The first-order chi connectivity index (χ1) is 13.5. The molecule has 3 aromatic rings. The van der Waals surface area contributed by atoms with E-state index >= 15 is 0 Å². The minimum atomic E-state index is -0.0940. The largest absolute Gasteiger partial charge is 0.348 e. The van der Waals surface area contributed by atoms with Crippen LogP contribution >= 0.6 is 11.3 Å². The van der Waals surface area contributed by atoms with Gasteiger partial charge in [-0.3, -0.25) is 9.48 Å². The van der Waals surface area contributed by atoms with Gasteiger partial charge in [0.25, 0.3) is 5.91 Å². The maximum Gasteiger partial charge on any atom is 0.321 e. The third-order valence-electron chi connectivity index (χ3n) is 5.06. The Morgan fingerprint density at radius 3 is 2.57 bits per heavy atom. The van der Waals surface area contributed by atoms with E-state index < -0.39 is 0 Å². The summed E-state index contributed by atoms with van der Waals surface area (Å²) in [5, 5.41) is 11.4. The fourth-order valence-electron chi connectivity index (χ4n) is 3.52. The van der Waals surface area contributed by atoms with Crippen LogP contribution in [0.15, 0.2) is 36.4 Å². The zero-order chi connectivity index (χ0) is 19.7. The number of anilines is 1. The van der Waals surface area contributed by atoms with Gasteiger partial charge in [0.15, 0.2) is 0 Å². The number of nitrogens with zero attached hydrogens (tertiary/aromatic N) is 3. The third kappa shape index (κ3) is 3.73. The predicted octanol–water partition coefficient (Wildman–Crippen LogP) is 3.37. The van der Waals surface area contributed by atoms with Gasteiger partial charge in [0, 0.05) is 37.3 Å². The molecule has 1 saturated heterocycles. The van der Waals surface area contributed by atoms with Gasteiger partial charge in [-0.25, -0.2) is 4.79 Å². The van der Waals surface area contributed by atoms with Gasteiger partial charge in [-0.2, -0.15) is 5.10 Å². The van der Waals surface area contributed by atoms with E-state index in [0.717, 1.165) is 34.4 Å². The number of amides is 3. The molecule has 3 amide bonds. The molecular formula is C20H23N5O2S. The standard InChI is InChI=1S/C20H23N5O2S/c1-13-16-12-17(28-19(16)24(2)23-13)18(26)21-15-8-10-25(11-9-15)20(27)22-14-6-4-3-5-7-14/h3-7,12,15H,8-11H2,1-2H3,(H,21,26)(H,22,27). The highest BCUT2D eigenvalue weighted by atomic mass is 32.1. The first kappa shape index (κ1) is 18.5. The van der Waals surface area contributed by atoms with E-state index in [2.05, 4.69) is 15.7 Å². The Morgan fingerprint density at radius 1 is 1.18 bits per heavy atom. The zero-order valence-electron chi connectivity index (χ0n) is 15.9. The third-order valence-corrected chi connectivity index (χ3v) is 6.26. The Hall–Kier alpha value is -2.87. The summed E-state index contributed by atoms with van der Waals surface area (Å²) in [5.74, 6) is -0.0483. The molecule has 0 radical (unpaired) electrons. The lowest BCUT2D eigenvalue weighted by Gasteiger charge is -2.32. The topological polar surface area (TPSA) is 79.3 Å². The fourth-order valence-corrected chi connectivity index (χ4v) is 4.55. The van der Waals surface area contributed by atoms with Crippen molar-refractivity contribution in [2.24, 2.45) is 7.05 Å². The molecule has 146 valence electrons. The van der Waals surface area contributed by atoms with Crippen molar-refractivity contribution in [1.29, 1.82) is 0 Å². The van der Waals surface area contributed by atoms with Crippen molar-refractivity contribution in [3.8, 4) is 0 Å². The highest BCUT2D eigenvalue weighted by Gasteiger charge is 2.25. The average molecular weight is 398 g/mol. The van der Waals surface area contributed by atoms with Gasteiger partial charge in [0.2, 0.25) is 0 Å². The number of nitrogens with one attached hydrogen (secondary N) is 2. The number of rotatable bonds is 3. The summed E-state index contributed by atoms with van der Waals surface area (Å²) in [7, 11) is 1.89. The number of aromatic nitrogens is 2. The summed E-state index contributed by atoms with van der Waals surface area (Å²) in [6.07, 6.45) is 1.50. The van der Waals surface area contributed by atoms with Gasteiger partial charge in [0.1, 0.15) is 4.83 Å². The van der Waals surface area contributed by atoms with Crippen molar-refractivity contribution in [3.05, 3.63) is 47.0 Å². The Morgan fingerprint density at radius 2 is 1.89 bits per heavy atom. The molecule has 0 unspecified atom stereocenters. The molecule has 4 rings (SSSR count). The Balaban J connectivity index is 1.31. The summed E-state index contributed by atoms with van der Waals surface area (Å²) in [6, 6.07) is 11.3. The molecule has 1 fully saturated rings. The maximum absolute atomic E-state index is 12.6. The van der Waals surface area contributed by atoms with Crippen LogP contribution in [0.5, 0.6) is 0 Å². The molecule has 3 heterocycles. The number of likely N-dealkylation sites (tertiary alicyclic amines) is 1. The summed E-state index contributed by atoms with van der Waals surface area (Å²) in [6.45, 7) is 3.20. The zero-order valence-corrected chi connectivity index (χ0v) is 16.8. The number of fused-ring (bicyclic) bond motifs is 1. The van der Waals surface area contributed by atoms with E-state index in [0.29, 0.717) is 18.0 Å². The normalized spacial score (nSPS) is 15.0. The van der Waals surface area contributed by atoms with E-state index in [-0.39, 0.29) is 18.0 Å². The first-order valence-electron chi connectivity index (χ1n) is 9.36. The van der Waals surface area contributed by atoms with Crippen molar-refractivity contribution >= 4 is 39.2 Å². The smallest absolute Gasteiger partial charge is 0.321 e. The van der Waals surface area contributed by atoms with Crippen LogP contribution in [-0.2, 0) is 7.05 Å². The Bertz CT molecular complexity index is 968. The second-order valence-electron chi connectivity index (χ2n) is 7.07. The monoisotopic (exact) mass is 397 g/mol. The number of hydrogen-bond acceptors (Lipinski definition) is 4. The van der Waals surface area contributed by atoms with Gasteiger partial charge in [-0.15, -0.1) is 11.3 Å². The lowest BCUT2D eigenvalue weighted by Crippen LogP contribution is -2.47. The SMILES string of the molecule is Cc1nn(C)c2sc(C(=O)NC3CCN(C(=O)Nc4ccccc4)CC3)cc12. The van der Waals surface area contributed by atoms with Crippen LogP contribution in [-0.4, -0.2) is 45.8 Å². The summed E-state index contributed by atoms with van der Waals surface area (Å²) in [5.41, 5.74) is 1.73. The molecule has 1 aromatic carbocycles. The van der Waals surface area contributed by atoms with Gasteiger partial charge < -0.3 is 15.5 Å². The van der Waals surface area contributed by atoms with Crippen LogP contribution in [0.1, 0.15) is 28.2 Å². The number of benzene rings is 1. The highest BCUT2D eigenvalue weighted by Crippen LogP contribution is 2.27. The molecule has 1 aliphatic heterocycles. The van der Waals surface area contributed by atoms with Gasteiger partial charge in [0.05, 0.1) is 10.6 Å². The van der Waals surface area contributed by atoms with Crippen LogP contribution in [0.2, 0.25) is 0 Å². The van der Waals surface area contributed by atoms with E-state index in [4.69, 9.17) is 0 Å². The molecule has 1 aliphatic rings. The van der Waals surface area contributed by atoms with E-state index in [9.17, 15) is 9.59 Å². The number of urea groups is 1. The Labute approximate surface area is 167 Å². The van der Waals surface area contributed by atoms with Crippen molar-refractivity contribution in [2.75, 3.05) is 18.4 Å². The number of para-hydroxylation sites is 1. The number of thiophene rings is 1. The molecule has 8 heteroatoms. The number of carbonyl (C=O) groups excluding carboxylic acids is 2. The maximum atomic E-state index is 12.6. The molecule has 0 aliphatic carbocycles. The van der Waals surface area contributed by atoms with E-state index in [1.165, 1.54) is 11.3 Å². The molecule has 2 N–H and O–H groups in total. The van der Waals surface area contributed by atoms with Crippen molar-refractivity contribution in [2.45, 2.75) is 25.8 Å². The van der Waals surface area contributed by atoms with Gasteiger partial charge in [-0.1, -0.05) is 18.2 Å². The molecular weight excluding hydrogens is 374 g/mol. The number of piperidine rings is 1. The lowest BCUT2D eigenvalue weighted by molar-refractivity contribution is 0.0923. The minimum absolute atomic E-state index is 0.0483. The van der Waals surface area contributed by atoms with E-state index in [1.54, 1.807) is 4.90 Å². The second-order valence-corrected chi connectivity index (χ2v) is 8.10. The average Bonchev–Trinajstić information content (AvgIpc) is 3.25. The molecule has 0 saturated carbocycles. The van der Waals surface area contributed by atoms with Crippen LogP contribution in [0.3, 0.4) is 0 Å². The van der Waals surface area contributed by atoms with Crippen molar-refractivity contribution < 1.29 is 9.59 Å². The van der Waals surface area contributed by atoms with Crippen molar-refractivity contribution in [3.63, 3.8) is 0 Å². The quantitative estimate of drug-likeness (QED) is 0.711. The van der Waals surface area contributed by atoms with Crippen LogP contribution in [0, 0.1) is 6.92 Å². The fraction of sp³-hybridized carbons (Fsp3) is 0.350. The summed E-state index contributed by atoms with van der Waals surface area (Å²) in [4.78, 5) is 28.5. The molecule has 0 bridgehead atoms. The molecule has 28 heavy (non-hydrogen) atoms. The van der Waals surface area contributed by atoms with E-state index in [1.807, 2.05) is 55.1 Å². The number of carbonyl (C=O) groups is 2. The molecule has 7 nitrogen and oxygen atoms in total. The Kier molecular flexibility index (Phi) is 5.04. The first-order valence-corrected chi connectivity index (χ1v) is 10.2. The van der Waals surface area contributed by atoms with Crippen molar-refractivity contribution in [1.82, 2.24) is 20.0 Å². The predicted molar refractivity (Wildman–Crippen MR) is 111 cm³/mol. The summed E-state index contributed by atoms with van der Waals surface area (Å²) >= 11 is 1.46. The molecule has 2 aromatic heterocycles. The van der Waals surface area contributed by atoms with Gasteiger partial charge >= 0.3 is 6.03 Å². The van der Waals surface area contributed by atoms with Crippen LogP contribution in [0.25, 0.3) is 10.2 Å². The molecule has 0 atom stereocenters. The molecule has 0 spiro atoms. The number of aryl methyl sites for hydroxylation is 2. The van der Waals surface area contributed by atoms with Crippen LogP contribution < -0.4 is 10.6 Å². The number of hydrogen-bond donors (Lipinski definition) is 2. The van der Waals surface area contributed by atoms with Gasteiger partial charge in [-0.05, 0) is 38.0 Å². The lowest BCUT2D eigenvalue weighted by atomic mass is 10.1. The second kappa shape index (κ2) is 7.63. The summed E-state index contributed by atoms with van der Waals surface area (Å²) < 4.78 is 1.82.